The van der Waals surface area contributed by atoms with Crippen molar-refractivity contribution in [2.45, 2.75) is 18.3 Å². The van der Waals surface area contributed by atoms with E-state index < -0.39 is 26.9 Å². The van der Waals surface area contributed by atoms with Crippen LogP contribution in [0.4, 0.5) is 0 Å². The van der Waals surface area contributed by atoms with Gasteiger partial charge in [-0.05, 0) is 0 Å². The molecule has 1 fully saturated rings. The van der Waals surface area contributed by atoms with E-state index in [-0.39, 0.29) is 13.2 Å². The van der Waals surface area contributed by atoms with Crippen molar-refractivity contribution < 1.29 is 28.9 Å². The van der Waals surface area contributed by atoms with E-state index in [9.17, 15) is 5.11 Å². The number of aliphatic hydroxyl groups is 2. The molecule has 0 saturated carbocycles. The highest BCUT2D eigenvalue weighted by atomic mass is 31.2. The van der Waals surface area contributed by atoms with Crippen LogP contribution in [0.3, 0.4) is 0 Å². The summed E-state index contributed by atoms with van der Waals surface area (Å²) >= 11 is 0. The molecule has 0 radical (unpaired) electrons. The van der Waals surface area contributed by atoms with E-state index in [1.54, 1.807) is 0 Å². The molecular weight excluding hydrogens is 199 g/mol. The SMILES string of the molecule is COP(O)OC[C@H]1OCC(O)C1O. The average Bonchev–Trinajstić information content (AvgIpc) is 2.44. The maximum absolute atomic E-state index is 9.27. The van der Waals surface area contributed by atoms with Gasteiger partial charge < -0.3 is 28.9 Å². The molecule has 0 amide bonds. The zero-order chi connectivity index (χ0) is 9.84. The van der Waals surface area contributed by atoms with Gasteiger partial charge in [0.2, 0.25) is 0 Å². The molecule has 1 aliphatic rings. The quantitative estimate of drug-likeness (QED) is 0.517. The fourth-order valence-electron chi connectivity index (χ4n) is 1.00. The molecular formula is C6H13O6P. The summed E-state index contributed by atoms with van der Waals surface area (Å²) in [6, 6.07) is 0. The lowest BCUT2D eigenvalue weighted by Crippen LogP contribution is -2.32. The van der Waals surface area contributed by atoms with Crippen LogP contribution < -0.4 is 0 Å². The van der Waals surface area contributed by atoms with Crippen LogP contribution in [-0.2, 0) is 13.8 Å². The van der Waals surface area contributed by atoms with E-state index in [0.717, 1.165) is 0 Å². The molecule has 1 saturated heterocycles. The van der Waals surface area contributed by atoms with Crippen LogP contribution in [0.15, 0.2) is 0 Å². The van der Waals surface area contributed by atoms with Crippen LogP contribution >= 0.6 is 8.60 Å². The fraction of sp³-hybridized carbons (Fsp3) is 1.00. The Balaban J connectivity index is 2.22. The van der Waals surface area contributed by atoms with Crippen LogP contribution in [0, 0.1) is 0 Å². The van der Waals surface area contributed by atoms with Gasteiger partial charge in [0.1, 0.15) is 18.3 Å². The third-order valence-electron chi connectivity index (χ3n) is 1.76. The van der Waals surface area contributed by atoms with Crippen molar-refractivity contribution in [1.29, 1.82) is 0 Å². The van der Waals surface area contributed by atoms with Gasteiger partial charge in [0.15, 0.2) is 0 Å². The van der Waals surface area contributed by atoms with Gasteiger partial charge in [0.25, 0.3) is 0 Å². The van der Waals surface area contributed by atoms with Gasteiger partial charge in [-0.15, -0.1) is 0 Å². The minimum absolute atomic E-state index is 0.00820. The molecule has 1 heterocycles. The van der Waals surface area contributed by atoms with Crippen LogP contribution in [0.5, 0.6) is 0 Å². The zero-order valence-electron chi connectivity index (χ0n) is 7.16. The highest BCUT2D eigenvalue weighted by Gasteiger charge is 2.35. The van der Waals surface area contributed by atoms with Crippen molar-refractivity contribution in [3.05, 3.63) is 0 Å². The molecule has 78 valence electrons. The molecule has 0 aromatic carbocycles. The second-order valence-electron chi connectivity index (χ2n) is 2.65. The highest BCUT2D eigenvalue weighted by molar-refractivity contribution is 7.40. The Kier molecular flexibility index (Phi) is 4.48. The predicted octanol–water partition coefficient (Wildman–Crippen LogP) is -1.01. The third kappa shape index (κ3) is 3.11. The summed E-state index contributed by atoms with van der Waals surface area (Å²) in [6.07, 6.45) is -2.43. The first-order valence-corrected chi connectivity index (χ1v) is 4.92. The second kappa shape index (κ2) is 5.17. The Morgan fingerprint density at radius 1 is 1.54 bits per heavy atom. The lowest BCUT2D eigenvalue weighted by atomic mass is 10.2. The topological polar surface area (TPSA) is 88.4 Å². The number of rotatable bonds is 4. The molecule has 7 heteroatoms. The molecule has 0 aliphatic carbocycles. The lowest BCUT2D eigenvalue weighted by Gasteiger charge is -2.15. The smallest absolute Gasteiger partial charge is 0.329 e. The van der Waals surface area contributed by atoms with E-state index in [2.05, 4.69) is 4.52 Å². The second-order valence-corrected chi connectivity index (χ2v) is 3.74. The molecule has 1 aliphatic heterocycles. The predicted molar refractivity (Wildman–Crippen MR) is 43.9 cm³/mol. The summed E-state index contributed by atoms with van der Waals surface area (Å²) < 4.78 is 14.3. The number of hydrogen-bond acceptors (Lipinski definition) is 6. The zero-order valence-corrected chi connectivity index (χ0v) is 8.05. The fourth-order valence-corrected chi connectivity index (χ4v) is 1.38. The molecule has 1 rings (SSSR count). The van der Waals surface area contributed by atoms with E-state index in [4.69, 9.17) is 19.3 Å². The summed E-state index contributed by atoms with van der Waals surface area (Å²) in [5.41, 5.74) is 0. The van der Waals surface area contributed by atoms with Crippen molar-refractivity contribution in [2.75, 3.05) is 20.3 Å². The normalized spacial score (nSPS) is 36.5. The monoisotopic (exact) mass is 212 g/mol. The van der Waals surface area contributed by atoms with Crippen molar-refractivity contribution in [1.82, 2.24) is 0 Å². The minimum atomic E-state index is -1.90. The van der Waals surface area contributed by atoms with Gasteiger partial charge in [0, 0.05) is 7.11 Å². The summed E-state index contributed by atoms with van der Waals surface area (Å²) in [6.45, 7) is 0.0970. The molecule has 3 N–H and O–H groups in total. The van der Waals surface area contributed by atoms with Crippen molar-refractivity contribution in [2.24, 2.45) is 0 Å². The van der Waals surface area contributed by atoms with Gasteiger partial charge in [-0.25, -0.2) is 0 Å². The lowest BCUT2D eigenvalue weighted by molar-refractivity contribution is -0.00298. The Labute approximate surface area is 77.0 Å². The van der Waals surface area contributed by atoms with Gasteiger partial charge in [-0.3, -0.25) is 0 Å². The first-order valence-electron chi connectivity index (χ1n) is 3.79. The molecule has 0 aromatic rings. The third-order valence-corrected chi connectivity index (χ3v) is 2.44. The Bertz CT molecular complexity index is 156. The van der Waals surface area contributed by atoms with Crippen LogP contribution in [0.25, 0.3) is 0 Å². The van der Waals surface area contributed by atoms with Gasteiger partial charge in [0.05, 0.1) is 13.2 Å². The van der Waals surface area contributed by atoms with Gasteiger partial charge in [-0.1, -0.05) is 0 Å². The van der Waals surface area contributed by atoms with Crippen molar-refractivity contribution in [3.8, 4) is 0 Å². The van der Waals surface area contributed by atoms with Crippen LogP contribution in [-0.4, -0.2) is 53.7 Å². The first-order chi connectivity index (χ1) is 6.15. The summed E-state index contributed by atoms with van der Waals surface area (Å²) in [7, 11) is -0.589. The molecule has 0 aromatic heterocycles. The summed E-state index contributed by atoms with van der Waals surface area (Å²) in [5.74, 6) is 0. The average molecular weight is 212 g/mol. The van der Waals surface area contributed by atoms with E-state index in [0.29, 0.717) is 0 Å². The molecule has 3 unspecified atom stereocenters. The standard InChI is InChI=1S/C6H13O6P/c1-10-13(9)12-3-5-6(8)4(7)2-11-5/h4-9H,2-3H2,1H3/t4?,5-,6?,13?/m1/s1. The number of hydrogen-bond donors (Lipinski definition) is 3. The van der Waals surface area contributed by atoms with Gasteiger partial charge in [-0.2, -0.15) is 0 Å². The Hall–Kier alpha value is 0.190. The Morgan fingerprint density at radius 3 is 2.69 bits per heavy atom. The first kappa shape index (κ1) is 11.3. The van der Waals surface area contributed by atoms with E-state index in [1.807, 2.05) is 0 Å². The number of ether oxygens (including phenoxy) is 1. The summed E-state index contributed by atoms with van der Waals surface area (Å²) in [5, 5.41) is 18.3. The van der Waals surface area contributed by atoms with Crippen molar-refractivity contribution in [3.63, 3.8) is 0 Å². The Morgan fingerprint density at radius 2 is 2.23 bits per heavy atom. The molecule has 4 atom stereocenters. The minimum Gasteiger partial charge on any atom is -0.388 e. The van der Waals surface area contributed by atoms with E-state index >= 15 is 0 Å². The maximum Gasteiger partial charge on any atom is 0.329 e. The molecule has 0 bridgehead atoms. The highest BCUT2D eigenvalue weighted by Crippen LogP contribution is 2.32. The maximum atomic E-state index is 9.27. The molecule has 0 spiro atoms. The summed E-state index contributed by atoms with van der Waals surface area (Å²) in [4.78, 5) is 8.89. The largest absolute Gasteiger partial charge is 0.388 e. The van der Waals surface area contributed by atoms with E-state index in [1.165, 1.54) is 7.11 Å². The number of aliphatic hydroxyl groups excluding tert-OH is 2. The van der Waals surface area contributed by atoms with Gasteiger partial charge >= 0.3 is 8.60 Å². The van der Waals surface area contributed by atoms with Crippen LogP contribution in [0.2, 0.25) is 0 Å². The molecule has 6 nitrogen and oxygen atoms in total. The van der Waals surface area contributed by atoms with Crippen molar-refractivity contribution >= 4 is 8.60 Å². The van der Waals surface area contributed by atoms with Crippen LogP contribution in [0.1, 0.15) is 0 Å². The molecule has 13 heavy (non-hydrogen) atoms.